The van der Waals surface area contributed by atoms with Gasteiger partial charge >= 0.3 is 0 Å². The van der Waals surface area contributed by atoms with Crippen LogP contribution in [-0.4, -0.2) is 16.9 Å². The van der Waals surface area contributed by atoms with Crippen LogP contribution in [0.2, 0.25) is 0 Å². The molecule has 24 heavy (non-hydrogen) atoms. The van der Waals surface area contributed by atoms with Crippen LogP contribution >= 0.6 is 0 Å². The maximum Gasteiger partial charge on any atom is 0.271 e. The zero-order valence-corrected chi connectivity index (χ0v) is 13.9. The van der Waals surface area contributed by atoms with E-state index in [1.165, 1.54) is 18.2 Å². The Hall–Kier alpha value is -2.89. The lowest BCUT2D eigenvalue weighted by atomic mass is 10.1. The molecule has 2 aromatic carbocycles. The van der Waals surface area contributed by atoms with Crippen molar-refractivity contribution in [2.45, 2.75) is 33.3 Å². The third-order valence-electron chi connectivity index (χ3n) is 3.81. The van der Waals surface area contributed by atoms with E-state index < -0.39 is 11.0 Å². The topological polar surface area (TPSA) is 81.5 Å². The van der Waals surface area contributed by atoms with Gasteiger partial charge in [0, 0.05) is 17.8 Å². The highest BCUT2D eigenvalue weighted by atomic mass is 16.6. The lowest BCUT2D eigenvalue weighted by Gasteiger charge is -2.19. The number of ether oxygens (including phenoxy) is 1. The predicted octanol–water partition coefficient (Wildman–Crippen LogP) is 4.01. The van der Waals surface area contributed by atoms with Crippen molar-refractivity contribution in [3.05, 3.63) is 63.7 Å². The van der Waals surface area contributed by atoms with Gasteiger partial charge in [-0.1, -0.05) is 25.1 Å². The predicted molar refractivity (Wildman–Crippen MR) is 92.3 cm³/mol. The maximum atomic E-state index is 12.4. The molecule has 126 valence electrons. The molecule has 0 aliphatic heterocycles. The first-order valence-corrected chi connectivity index (χ1v) is 7.70. The second kappa shape index (κ2) is 7.59. The number of carbonyl (C=O) groups is 1. The molecule has 6 nitrogen and oxygen atoms in total. The van der Waals surface area contributed by atoms with Gasteiger partial charge in [-0.15, -0.1) is 0 Å². The maximum absolute atomic E-state index is 12.4. The summed E-state index contributed by atoms with van der Waals surface area (Å²) in [5.41, 5.74) is 2.37. The van der Waals surface area contributed by atoms with E-state index >= 15 is 0 Å². The Bertz CT molecular complexity index is 758. The highest BCUT2D eigenvalue weighted by Crippen LogP contribution is 2.23. The molecule has 0 aliphatic carbocycles. The Kier molecular flexibility index (Phi) is 5.52. The van der Waals surface area contributed by atoms with E-state index in [1.54, 1.807) is 6.07 Å². The zero-order chi connectivity index (χ0) is 17.7. The van der Waals surface area contributed by atoms with Crippen LogP contribution in [0.15, 0.2) is 42.5 Å². The van der Waals surface area contributed by atoms with Gasteiger partial charge in [-0.25, -0.2) is 0 Å². The van der Waals surface area contributed by atoms with E-state index in [9.17, 15) is 14.9 Å². The monoisotopic (exact) mass is 328 g/mol. The van der Waals surface area contributed by atoms with Gasteiger partial charge in [-0.3, -0.25) is 14.9 Å². The summed E-state index contributed by atoms with van der Waals surface area (Å²) in [5.74, 6) is 0.329. The Balaban J connectivity index is 2.13. The minimum absolute atomic E-state index is 0.0729. The summed E-state index contributed by atoms with van der Waals surface area (Å²) in [7, 11) is 0. The van der Waals surface area contributed by atoms with Crippen LogP contribution in [0.4, 0.5) is 11.4 Å². The molecule has 0 bridgehead atoms. The molecule has 0 radical (unpaired) electrons. The van der Waals surface area contributed by atoms with Crippen molar-refractivity contribution in [2.24, 2.45) is 0 Å². The number of non-ortho nitro benzene ring substituents is 1. The van der Waals surface area contributed by atoms with E-state index in [0.29, 0.717) is 17.9 Å². The van der Waals surface area contributed by atoms with E-state index in [2.05, 4.69) is 5.32 Å². The summed E-state index contributed by atoms with van der Waals surface area (Å²) < 4.78 is 5.84. The number of nitro benzene ring substituents is 1. The second-order valence-electron chi connectivity index (χ2n) is 5.51. The summed E-state index contributed by atoms with van der Waals surface area (Å²) in [5, 5.41) is 13.5. The molecule has 0 heterocycles. The van der Waals surface area contributed by atoms with E-state index in [-0.39, 0.29) is 11.6 Å². The van der Waals surface area contributed by atoms with Gasteiger partial charge in [-0.2, -0.15) is 0 Å². The Labute approximate surface area is 140 Å². The smallest absolute Gasteiger partial charge is 0.271 e. The van der Waals surface area contributed by atoms with Gasteiger partial charge in [0.2, 0.25) is 0 Å². The highest BCUT2D eigenvalue weighted by molar-refractivity contribution is 5.94. The number of nitrogens with zero attached hydrogens (tertiary/aromatic N) is 1. The van der Waals surface area contributed by atoms with Crippen molar-refractivity contribution in [3.63, 3.8) is 0 Å². The van der Waals surface area contributed by atoms with Crippen molar-refractivity contribution in [2.75, 3.05) is 5.32 Å². The van der Waals surface area contributed by atoms with Crippen LogP contribution in [0.1, 0.15) is 24.5 Å². The summed E-state index contributed by atoms with van der Waals surface area (Å²) in [6, 6.07) is 11.5. The van der Waals surface area contributed by atoms with Crippen LogP contribution in [0.3, 0.4) is 0 Å². The lowest BCUT2D eigenvalue weighted by Crippen LogP contribution is -2.32. The molecule has 2 aromatic rings. The minimum atomic E-state index is -0.676. The van der Waals surface area contributed by atoms with Crippen molar-refractivity contribution < 1.29 is 14.5 Å². The number of hydrogen-bond donors (Lipinski definition) is 1. The van der Waals surface area contributed by atoms with E-state index in [4.69, 9.17) is 4.74 Å². The van der Waals surface area contributed by atoms with E-state index in [0.717, 1.165) is 11.1 Å². The number of anilines is 1. The average Bonchev–Trinajstić information content (AvgIpc) is 2.56. The molecule has 2 rings (SSSR count). The summed E-state index contributed by atoms with van der Waals surface area (Å²) >= 11 is 0. The molecule has 1 atom stereocenters. The molecule has 0 aliphatic rings. The van der Waals surface area contributed by atoms with Crippen LogP contribution < -0.4 is 10.1 Å². The first-order valence-electron chi connectivity index (χ1n) is 7.70. The molecule has 1 amide bonds. The van der Waals surface area contributed by atoms with Crippen LogP contribution in [0, 0.1) is 24.0 Å². The van der Waals surface area contributed by atoms with Gasteiger partial charge in [0.05, 0.1) is 4.92 Å². The molecule has 0 saturated heterocycles. The van der Waals surface area contributed by atoms with Crippen molar-refractivity contribution >= 4 is 17.3 Å². The van der Waals surface area contributed by atoms with Crippen molar-refractivity contribution in [1.82, 2.24) is 0 Å². The summed E-state index contributed by atoms with van der Waals surface area (Å²) in [4.78, 5) is 22.7. The Morgan fingerprint density at radius 3 is 2.62 bits per heavy atom. The summed E-state index contributed by atoms with van der Waals surface area (Å²) in [6.45, 7) is 5.77. The number of hydrogen-bond acceptors (Lipinski definition) is 4. The van der Waals surface area contributed by atoms with Crippen molar-refractivity contribution in [3.8, 4) is 5.75 Å². The minimum Gasteiger partial charge on any atom is -0.480 e. The number of aryl methyl sites for hydroxylation is 1. The first-order chi connectivity index (χ1) is 11.4. The number of rotatable bonds is 6. The fourth-order valence-electron chi connectivity index (χ4n) is 2.25. The molecule has 6 heteroatoms. The molecule has 0 saturated carbocycles. The Morgan fingerprint density at radius 2 is 1.96 bits per heavy atom. The highest BCUT2D eigenvalue weighted by Gasteiger charge is 2.20. The second-order valence-corrected chi connectivity index (χ2v) is 5.51. The SMILES string of the molecule is CC[C@@H](Oc1cccc(C)c1C)C(=O)Nc1cccc([N+](=O)[O-])c1. The molecule has 1 N–H and O–H groups in total. The van der Waals surface area contributed by atoms with Gasteiger partial charge < -0.3 is 10.1 Å². The quantitative estimate of drug-likeness (QED) is 0.641. The third-order valence-corrected chi connectivity index (χ3v) is 3.81. The molecule has 0 unspecified atom stereocenters. The normalized spacial score (nSPS) is 11.6. The zero-order valence-electron chi connectivity index (χ0n) is 13.9. The number of carbonyl (C=O) groups excluding carboxylic acids is 1. The van der Waals surface area contributed by atoms with Gasteiger partial charge in [-0.05, 0) is 43.5 Å². The third kappa shape index (κ3) is 4.10. The van der Waals surface area contributed by atoms with Crippen molar-refractivity contribution in [1.29, 1.82) is 0 Å². The van der Waals surface area contributed by atoms with Crippen LogP contribution in [0.25, 0.3) is 0 Å². The number of benzene rings is 2. The standard InChI is InChI=1S/C18H20N2O4/c1-4-16(24-17-10-5-7-12(2)13(17)3)18(21)19-14-8-6-9-15(11-14)20(22)23/h5-11,16H,4H2,1-3H3,(H,19,21)/t16-/m1/s1. The van der Waals surface area contributed by atoms with Crippen LogP contribution in [0.5, 0.6) is 5.75 Å². The van der Waals surface area contributed by atoms with Gasteiger partial charge in [0.25, 0.3) is 11.6 Å². The fraction of sp³-hybridized carbons (Fsp3) is 0.278. The number of nitro groups is 1. The van der Waals surface area contributed by atoms with Crippen LogP contribution in [-0.2, 0) is 4.79 Å². The molecular weight excluding hydrogens is 308 g/mol. The van der Waals surface area contributed by atoms with E-state index in [1.807, 2.05) is 39.0 Å². The number of nitrogens with one attached hydrogen (secondary N) is 1. The summed E-state index contributed by atoms with van der Waals surface area (Å²) in [6.07, 6.45) is -0.196. The largest absolute Gasteiger partial charge is 0.480 e. The Morgan fingerprint density at radius 1 is 1.25 bits per heavy atom. The molecule has 0 spiro atoms. The first kappa shape index (κ1) is 17.5. The molecule has 0 fully saturated rings. The number of amides is 1. The van der Waals surface area contributed by atoms with Gasteiger partial charge in [0.1, 0.15) is 5.75 Å². The molecule has 0 aromatic heterocycles. The fourth-order valence-corrected chi connectivity index (χ4v) is 2.25. The molecular formula is C18H20N2O4. The average molecular weight is 328 g/mol. The van der Waals surface area contributed by atoms with Gasteiger partial charge in [0.15, 0.2) is 6.10 Å². The lowest BCUT2D eigenvalue weighted by molar-refractivity contribution is -0.384.